The molecule has 1 N–H and O–H groups in total. The van der Waals surface area contributed by atoms with Crippen molar-refractivity contribution in [1.82, 2.24) is 14.8 Å². The number of rotatable bonds is 6. The molecular formula is C20H18F4N4S. The van der Waals surface area contributed by atoms with Crippen LogP contribution in [0.3, 0.4) is 0 Å². The number of aryl methyl sites for hydroxylation is 1. The maximum absolute atomic E-state index is 14.6. The quantitative estimate of drug-likeness (QED) is 0.405. The molecule has 0 aliphatic carbocycles. The normalized spacial score (nSPS) is 12.3. The van der Waals surface area contributed by atoms with Crippen LogP contribution in [0.5, 0.6) is 0 Å². The molecule has 0 atom stereocenters. The molecule has 3 rings (SSSR count). The summed E-state index contributed by atoms with van der Waals surface area (Å²) in [4.78, 5) is 4.29. The molecule has 0 aliphatic rings. The van der Waals surface area contributed by atoms with Crippen molar-refractivity contribution in [3.8, 4) is 0 Å². The number of benzene rings is 1. The molecule has 2 aromatic heterocycles. The van der Waals surface area contributed by atoms with Crippen LogP contribution in [0.15, 0.2) is 53.6 Å². The highest BCUT2D eigenvalue weighted by molar-refractivity contribution is 8.00. The van der Waals surface area contributed by atoms with Gasteiger partial charge in [-0.3, -0.25) is 4.68 Å². The predicted molar refractivity (Wildman–Crippen MR) is 107 cm³/mol. The lowest BCUT2D eigenvalue weighted by Crippen LogP contribution is -2.04. The first-order chi connectivity index (χ1) is 13.7. The number of pyridine rings is 1. The lowest BCUT2D eigenvalue weighted by atomic mass is 10.2. The minimum absolute atomic E-state index is 0.0491. The second kappa shape index (κ2) is 8.69. The van der Waals surface area contributed by atoms with Crippen molar-refractivity contribution in [3.05, 3.63) is 71.2 Å². The molecule has 0 bridgehead atoms. The zero-order valence-electron chi connectivity index (χ0n) is 15.7. The highest BCUT2D eigenvalue weighted by atomic mass is 32.2. The van der Waals surface area contributed by atoms with Gasteiger partial charge in [0.15, 0.2) is 5.83 Å². The van der Waals surface area contributed by atoms with E-state index in [1.165, 1.54) is 30.3 Å². The number of thioether (sulfide) groups is 1. The van der Waals surface area contributed by atoms with Crippen LogP contribution < -0.4 is 5.32 Å². The van der Waals surface area contributed by atoms with Gasteiger partial charge in [-0.2, -0.15) is 18.3 Å². The van der Waals surface area contributed by atoms with E-state index in [2.05, 4.69) is 15.4 Å². The topological polar surface area (TPSA) is 42.7 Å². The molecule has 0 fully saturated rings. The van der Waals surface area contributed by atoms with Crippen molar-refractivity contribution in [2.24, 2.45) is 0 Å². The first-order valence-electron chi connectivity index (χ1n) is 8.64. The summed E-state index contributed by atoms with van der Waals surface area (Å²) >= 11 is -0.206. The molecule has 0 aliphatic heterocycles. The molecule has 0 saturated heterocycles. The lowest BCUT2D eigenvalue weighted by Gasteiger charge is -2.05. The van der Waals surface area contributed by atoms with Crippen molar-refractivity contribution >= 4 is 29.5 Å². The molecule has 9 heteroatoms. The maximum atomic E-state index is 14.6. The monoisotopic (exact) mass is 422 g/mol. The summed E-state index contributed by atoms with van der Waals surface area (Å²) in [5, 5.41) is 7.23. The van der Waals surface area contributed by atoms with E-state index >= 15 is 0 Å². The van der Waals surface area contributed by atoms with Crippen LogP contribution in [0.25, 0.3) is 11.9 Å². The molecule has 152 valence electrons. The minimum atomic E-state index is -4.35. The molecule has 4 nitrogen and oxygen atoms in total. The van der Waals surface area contributed by atoms with Crippen LogP contribution in [-0.4, -0.2) is 27.3 Å². The maximum Gasteiger partial charge on any atom is 0.446 e. The van der Waals surface area contributed by atoms with Crippen molar-refractivity contribution in [1.29, 1.82) is 0 Å². The van der Waals surface area contributed by atoms with Gasteiger partial charge in [-0.1, -0.05) is 18.2 Å². The van der Waals surface area contributed by atoms with Crippen molar-refractivity contribution in [3.63, 3.8) is 0 Å². The van der Waals surface area contributed by atoms with Crippen molar-refractivity contribution in [2.45, 2.75) is 23.9 Å². The Kier molecular flexibility index (Phi) is 6.26. The molecule has 2 heterocycles. The summed E-state index contributed by atoms with van der Waals surface area (Å²) in [5.41, 5.74) is -2.04. The zero-order valence-corrected chi connectivity index (χ0v) is 16.5. The van der Waals surface area contributed by atoms with Gasteiger partial charge in [0.1, 0.15) is 11.5 Å². The summed E-state index contributed by atoms with van der Waals surface area (Å²) in [7, 11) is 1.78. The van der Waals surface area contributed by atoms with Gasteiger partial charge in [0.2, 0.25) is 0 Å². The van der Waals surface area contributed by atoms with E-state index in [4.69, 9.17) is 0 Å². The Labute approximate surface area is 169 Å². The van der Waals surface area contributed by atoms with Crippen LogP contribution in [0, 0.1) is 6.92 Å². The van der Waals surface area contributed by atoms with E-state index in [-0.39, 0.29) is 22.4 Å². The molecule has 1 aromatic carbocycles. The Balaban J connectivity index is 1.73. The fourth-order valence-electron chi connectivity index (χ4n) is 2.61. The van der Waals surface area contributed by atoms with Crippen LogP contribution in [0.4, 0.5) is 23.4 Å². The number of nitrogens with one attached hydrogen (secondary N) is 1. The van der Waals surface area contributed by atoms with Gasteiger partial charge in [0, 0.05) is 23.8 Å². The summed E-state index contributed by atoms with van der Waals surface area (Å²) in [6.45, 7) is 2.27. The summed E-state index contributed by atoms with van der Waals surface area (Å²) in [5.74, 6) is 0.187. The molecule has 0 unspecified atom stereocenters. The van der Waals surface area contributed by atoms with Gasteiger partial charge in [-0.25, -0.2) is 9.37 Å². The number of anilines is 1. The predicted octanol–water partition coefficient (Wildman–Crippen LogP) is 5.76. The average Bonchev–Trinajstić information content (AvgIpc) is 3.03. The highest BCUT2D eigenvalue weighted by Gasteiger charge is 2.28. The van der Waals surface area contributed by atoms with Crippen LogP contribution in [-0.2, 0) is 6.54 Å². The average molecular weight is 422 g/mol. The first kappa shape index (κ1) is 20.9. The fourth-order valence-corrected chi connectivity index (χ4v) is 3.15. The standard InChI is InChI=1S/C20H18F4N4S/c1-13-9-18(27-28(13)12-15-5-8-19(25-2)26-11-15)17(21)10-14-3-6-16(7-4-14)29-20(22,23)24/h3-11H,12H2,1-2H3,(H,25,26). The number of nitrogens with zero attached hydrogens (tertiary/aromatic N) is 3. The summed E-state index contributed by atoms with van der Waals surface area (Å²) < 4.78 is 53.4. The van der Waals surface area contributed by atoms with E-state index < -0.39 is 11.3 Å². The van der Waals surface area contributed by atoms with Crippen LogP contribution in [0.2, 0.25) is 0 Å². The van der Waals surface area contributed by atoms with E-state index in [0.717, 1.165) is 17.1 Å². The second-order valence-corrected chi connectivity index (χ2v) is 7.38. The molecule has 3 aromatic rings. The van der Waals surface area contributed by atoms with Crippen molar-refractivity contribution < 1.29 is 17.6 Å². The molecular weight excluding hydrogens is 404 g/mol. The third-order valence-corrected chi connectivity index (χ3v) is 4.79. The van der Waals surface area contributed by atoms with Crippen LogP contribution >= 0.6 is 11.8 Å². The molecule has 0 radical (unpaired) electrons. The molecule has 0 spiro atoms. The third-order valence-electron chi connectivity index (χ3n) is 4.05. The lowest BCUT2D eigenvalue weighted by molar-refractivity contribution is -0.0328. The smallest absolute Gasteiger partial charge is 0.373 e. The zero-order chi connectivity index (χ0) is 21.0. The first-order valence-corrected chi connectivity index (χ1v) is 9.45. The Morgan fingerprint density at radius 1 is 1.17 bits per heavy atom. The summed E-state index contributed by atoms with van der Waals surface area (Å²) in [6, 6.07) is 10.9. The number of aromatic nitrogens is 3. The Bertz CT molecular complexity index is 993. The number of hydrogen-bond donors (Lipinski definition) is 1. The SMILES string of the molecule is CNc1ccc(Cn2nc(C(F)=Cc3ccc(SC(F)(F)F)cc3)cc2C)cn1. The summed E-state index contributed by atoms with van der Waals surface area (Å²) in [6.07, 6.45) is 2.97. The number of hydrogen-bond acceptors (Lipinski definition) is 4. The fraction of sp³-hybridized carbons (Fsp3) is 0.200. The number of alkyl halides is 3. The van der Waals surface area contributed by atoms with Gasteiger partial charge >= 0.3 is 5.51 Å². The number of halogens is 4. The van der Waals surface area contributed by atoms with Gasteiger partial charge in [0.25, 0.3) is 0 Å². The minimum Gasteiger partial charge on any atom is -0.373 e. The molecule has 0 amide bonds. The molecule has 0 saturated carbocycles. The van der Waals surface area contributed by atoms with E-state index in [0.29, 0.717) is 12.1 Å². The van der Waals surface area contributed by atoms with E-state index in [1.807, 2.05) is 19.1 Å². The largest absolute Gasteiger partial charge is 0.446 e. The van der Waals surface area contributed by atoms with Gasteiger partial charge in [-0.15, -0.1) is 0 Å². The third kappa shape index (κ3) is 5.83. The highest BCUT2D eigenvalue weighted by Crippen LogP contribution is 2.36. The van der Waals surface area contributed by atoms with E-state index in [9.17, 15) is 17.6 Å². The van der Waals surface area contributed by atoms with Gasteiger partial charge < -0.3 is 5.32 Å². The second-order valence-electron chi connectivity index (χ2n) is 6.24. The van der Waals surface area contributed by atoms with E-state index in [1.54, 1.807) is 24.0 Å². The molecule has 29 heavy (non-hydrogen) atoms. The van der Waals surface area contributed by atoms with Gasteiger partial charge in [-0.05, 0) is 60.2 Å². The van der Waals surface area contributed by atoms with Gasteiger partial charge in [0.05, 0.1) is 6.54 Å². The van der Waals surface area contributed by atoms with Crippen LogP contribution in [0.1, 0.15) is 22.5 Å². The Morgan fingerprint density at radius 3 is 2.48 bits per heavy atom. The Hall–Kier alpha value is -2.81. The van der Waals surface area contributed by atoms with Crippen molar-refractivity contribution in [2.75, 3.05) is 12.4 Å². The Morgan fingerprint density at radius 2 is 1.90 bits per heavy atom.